The van der Waals surface area contributed by atoms with Gasteiger partial charge in [-0.3, -0.25) is 4.79 Å². The summed E-state index contributed by atoms with van der Waals surface area (Å²) in [6.45, 7) is 3.88. The van der Waals surface area contributed by atoms with E-state index in [4.69, 9.17) is 9.47 Å². The molecule has 1 saturated carbocycles. The van der Waals surface area contributed by atoms with Gasteiger partial charge in [0.25, 0.3) is 0 Å². The van der Waals surface area contributed by atoms with E-state index in [1.807, 2.05) is 44.4 Å². The molecule has 7 heteroatoms. The maximum absolute atomic E-state index is 12.4. The van der Waals surface area contributed by atoms with E-state index in [0.717, 1.165) is 47.8 Å². The maximum atomic E-state index is 12.4. The van der Waals surface area contributed by atoms with E-state index < -0.39 is 5.60 Å². The third kappa shape index (κ3) is 3.90. The van der Waals surface area contributed by atoms with Gasteiger partial charge in [0.05, 0.1) is 18.1 Å². The molecule has 7 nitrogen and oxygen atoms in total. The van der Waals surface area contributed by atoms with Crippen molar-refractivity contribution in [3.05, 3.63) is 36.2 Å². The molecule has 2 aliphatic rings. The topological polar surface area (TPSA) is 89.1 Å². The molecule has 162 valence electrons. The Hall–Kier alpha value is -2.93. The largest absolute Gasteiger partial charge is 0.487 e. The summed E-state index contributed by atoms with van der Waals surface area (Å²) >= 11 is 0. The van der Waals surface area contributed by atoms with Crippen LogP contribution < -0.4 is 10.1 Å². The molecule has 2 aromatic heterocycles. The predicted octanol–water partition coefficient (Wildman–Crippen LogP) is 4.74. The zero-order chi connectivity index (χ0) is 21.6. The Morgan fingerprint density at radius 3 is 2.77 bits per heavy atom. The number of methoxy groups -OCH3 is 1. The molecule has 0 radical (unpaired) electrons. The second-order valence-electron chi connectivity index (χ2n) is 9.18. The smallest absolute Gasteiger partial charge is 0.224 e. The van der Waals surface area contributed by atoms with E-state index in [9.17, 15) is 4.79 Å². The highest BCUT2D eigenvalue weighted by molar-refractivity contribution is 6.02. The van der Waals surface area contributed by atoms with Crippen molar-refractivity contribution < 1.29 is 14.3 Å². The second-order valence-corrected chi connectivity index (χ2v) is 9.18. The van der Waals surface area contributed by atoms with Crippen LogP contribution in [0.1, 0.15) is 56.3 Å². The van der Waals surface area contributed by atoms with Gasteiger partial charge in [0.15, 0.2) is 5.78 Å². The lowest BCUT2D eigenvalue weighted by Crippen LogP contribution is -2.35. The molecule has 2 N–H and O–H groups in total. The first-order chi connectivity index (χ1) is 14.9. The minimum atomic E-state index is -0.491. The molecule has 0 bridgehead atoms. The van der Waals surface area contributed by atoms with E-state index in [2.05, 4.69) is 20.3 Å². The van der Waals surface area contributed by atoms with Crippen molar-refractivity contribution in [2.75, 3.05) is 12.4 Å². The van der Waals surface area contributed by atoms with E-state index in [1.165, 1.54) is 0 Å². The van der Waals surface area contributed by atoms with Crippen molar-refractivity contribution >= 4 is 22.8 Å². The van der Waals surface area contributed by atoms with Gasteiger partial charge < -0.3 is 19.8 Å². The summed E-state index contributed by atoms with van der Waals surface area (Å²) in [6, 6.07) is 6.13. The fraction of sp³-hybridized carbons (Fsp3) is 0.458. The summed E-state index contributed by atoms with van der Waals surface area (Å²) in [4.78, 5) is 24.9. The number of fused-ring (bicyclic) bond motifs is 2. The predicted molar refractivity (Wildman–Crippen MR) is 120 cm³/mol. The van der Waals surface area contributed by atoms with Gasteiger partial charge in [0.1, 0.15) is 17.0 Å². The zero-order valence-corrected chi connectivity index (χ0v) is 18.2. The molecular formula is C24H28N4O3. The quantitative estimate of drug-likeness (QED) is 0.634. The molecule has 31 heavy (non-hydrogen) atoms. The van der Waals surface area contributed by atoms with Crippen molar-refractivity contribution in [2.45, 2.75) is 63.7 Å². The summed E-state index contributed by atoms with van der Waals surface area (Å²) in [6.07, 6.45) is 8.78. The lowest BCUT2D eigenvalue weighted by Gasteiger charge is -2.31. The van der Waals surface area contributed by atoms with Crippen molar-refractivity contribution in [1.29, 1.82) is 0 Å². The Morgan fingerprint density at radius 1 is 1.19 bits per heavy atom. The highest BCUT2D eigenvalue weighted by atomic mass is 16.5. The number of anilines is 1. The lowest BCUT2D eigenvalue weighted by molar-refractivity contribution is 0.0620. The molecule has 1 aromatic carbocycles. The number of hydrogen-bond acceptors (Lipinski definition) is 6. The van der Waals surface area contributed by atoms with E-state index >= 15 is 0 Å². The van der Waals surface area contributed by atoms with Crippen LogP contribution in [0.15, 0.2) is 30.6 Å². The van der Waals surface area contributed by atoms with E-state index in [1.54, 1.807) is 7.11 Å². The fourth-order valence-corrected chi connectivity index (χ4v) is 4.66. The van der Waals surface area contributed by atoms with Gasteiger partial charge in [-0.05, 0) is 57.2 Å². The van der Waals surface area contributed by atoms with Gasteiger partial charge >= 0.3 is 0 Å². The number of ether oxygens (including phenoxy) is 2. The Morgan fingerprint density at radius 2 is 2.00 bits per heavy atom. The monoisotopic (exact) mass is 420 g/mol. The van der Waals surface area contributed by atoms with Crippen LogP contribution >= 0.6 is 0 Å². The molecule has 0 amide bonds. The minimum Gasteiger partial charge on any atom is -0.487 e. The number of nitrogens with zero attached hydrogens (tertiary/aromatic N) is 2. The Balaban J connectivity index is 1.39. The highest BCUT2D eigenvalue weighted by Crippen LogP contribution is 2.37. The molecule has 0 saturated heterocycles. The van der Waals surface area contributed by atoms with Gasteiger partial charge in [0, 0.05) is 36.5 Å². The van der Waals surface area contributed by atoms with E-state index in [0.29, 0.717) is 35.8 Å². The number of carbonyl (C=O) groups is 1. The Kier molecular flexibility index (Phi) is 4.93. The molecule has 1 aliphatic heterocycles. The second kappa shape index (κ2) is 7.64. The molecule has 1 aliphatic carbocycles. The molecule has 0 spiro atoms. The number of rotatable bonds is 4. The molecular weight excluding hydrogens is 392 g/mol. The van der Waals surface area contributed by atoms with Crippen molar-refractivity contribution in [3.8, 4) is 16.9 Å². The first-order valence-corrected chi connectivity index (χ1v) is 10.9. The Labute approximate surface area is 181 Å². The van der Waals surface area contributed by atoms with E-state index in [-0.39, 0.29) is 5.78 Å². The number of H-pyrrole nitrogens is 1. The standard InChI is InChI=1S/C24H28N4O3/c1-24(2)11-20(29)17-9-4-14(10-21(17)31-24)18-12-25-22-19(18)13-26-23(28-22)27-15-5-7-16(30-3)8-6-15/h4,9-10,12-13,15-16H,5-8,11H2,1-3H3,(H2,25,26,27,28)/t15-,16+. The van der Waals surface area contributed by atoms with Gasteiger partial charge in [-0.15, -0.1) is 0 Å². The van der Waals surface area contributed by atoms with Gasteiger partial charge in [0.2, 0.25) is 5.95 Å². The van der Waals surface area contributed by atoms with Crippen molar-refractivity contribution in [2.24, 2.45) is 0 Å². The molecule has 3 aromatic rings. The number of aromatic amines is 1. The SMILES string of the molecule is CO[C@H]1CC[C@@H](Nc2ncc3c(-c4ccc5c(c4)OC(C)(C)CC5=O)c[nH]c3n2)CC1. The van der Waals surface area contributed by atoms with Crippen LogP contribution in [0.5, 0.6) is 5.75 Å². The van der Waals surface area contributed by atoms with Gasteiger partial charge in [-0.1, -0.05) is 6.07 Å². The lowest BCUT2D eigenvalue weighted by atomic mass is 9.91. The van der Waals surface area contributed by atoms with Crippen molar-refractivity contribution in [3.63, 3.8) is 0 Å². The minimum absolute atomic E-state index is 0.121. The van der Waals surface area contributed by atoms with Crippen LogP contribution in [0.3, 0.4) is 0 Å². The van der Waals surface area contributed by atoms with Crippen LogP contribution in [0.2, 0.25) is 0 Å². The molecule has 3 heterocycles. The molecule has 1 fully saturated rings. The molecule has 5 rings (SSSR count). The number of carbonyl (C=O) groups excluding carboxylic acids is 1. The van der Waals surface area contributed by atoms with Crippen LogP contribution in [0, 0.1) is 0 Å². The van der Waals surface area contributed by atoms with Gasteiger partial charge in [-0.25, -0.2) is 4.98 Å². The average Bonchev–Trinajstić information content (AvgIpc) is 3.16. The summed E-state index contributed by atoms with van der Waals surface area (Å²) in [5.74, 6) is 1.40. The molecule has 0 unspecified atom stereocenters. The van der Waals surface area contributed by atoms with Crippen LogP contribution in [-0.4, -0.2) is 45.6 Å². The third-order valence-electron chi connectivity index (χ3n) is 6.34. The zero-order valence-electron chi connectivity index (χ0n) is 18.2. The number of benzene rings is 1. The third-order valence-corrected chi connectivity index (χ3v) is 6.34. The summed E-state index contributed by atoms with van der Waals surface area (Å²) in [5, 5.41) is 4.41. The first-order valence-electron chi connectivity index (χ1n) is 10.9. The summed E-state index contributed by atoms with van der Waals surface area (Å²) in [5.41, 5.74) is 2.90. The summed E-state index contributed by atoms with van der Waals surface area (Å²) < 4.78 is 11.5. The van der Waals surface area contributed by atoms with Crippen LogP contribution in [-0.2, 0) is 4.74 Å². The number of ketones is 1. The average molecular weight is 421 g/mol. The first kappa shape index (κ1) is 20.0. The summed E-state index contributed by atoms with van der Waals surface area (Å²) in [7, 11) is 1.78. The number of nitrogens with one attached hydrogen (secondary N) is 2. The van der Waals surface area contributed by atoms with Crippen molar-refractivity contribution in [1.82, 2.24) is 15.0 Å². The van der Waals surface area contributed by atoms with Crippen LogP contribution in [0.4, 0.5) is 5.95 Å². The Bertz CT molecular complexity index is 1130. The fourth-order valence-electron chi connectivity index (χ4n) is 4.66. The van der Waals surface area contributed by atoms with Crippen LogP contribution in [0.25, 0.3) is 22.2 Å². The molecule has 0 atom stereocenters. The number of aromatic nitrogens is 3. The highest BCUT2D eigenvalue weighted by Gasteiger charge is 2.32. The number of Topliss-reactive ketones (excluding diaryl/α,β-unsaturated/α-hetero) is 1. The normalized spacial score (nSPS) is 22.7. The number of hydrogen-bond donors (Lipinski definition) is 2. The maximum Gasteiger partial charge on any atom is 0.224 e. The van der Waals surface area contributed by atoms with Gasteiger partial charge in [-0.2, -0.15) is 4.98 Å².